The van der Waals surface area contributed by atoms with E-state index in [9.17, 15) is 13.2 Å². The highest BCUT2D eigenvalue weighted by atomic mass is 32.2. The van der Waals surface area contributed by atoms with Crippen LogP contribution in [0.15, 0.2) is 97.1 Å². The van der Waals surface area contributed by atoms with E-state index < -0.39 is 16.0 Å². The first-order valence-corrected chi connectivity index (χ1v) is 13.9. The van der Waals surface area contributed by atoms with E-state index in [2.05, 4.69) is 21.8 Å². The Morgan fingerprint density at radius 1 is 0.842 bits per heavy atom. The number of hydrogen-bond donors (Lipinski definition) is 1. The number of nitrogens with zero attached hydrogens (tertiary/aromatic N) is 1. The van der Waals surface area contributed by atoms with Crippen LogP contribution in [-0.2, 0) is 27.8 Å². The lowest BCUT2D eigenvalue weighted by atomic mass is 10.1. The highest BCUT2D eigenvalue weighted by Gasteiger charge is 2.17. The molecule has 4 aromatic rings. The molecule has 0 aliphatic carbocycles. The molecule has 0 amide bonds. The fraction of sp³-hybridized carbons (Fsp3) is 0.167. The quantitative estimate of drug-likeness (QED) is 0.248. The van der Waals surface area contributed by atoms with E-state index in [4.69, 9.17) is 9.47 Å². The number of rotatable bonds is 10. The third-order valence-electron chi connectivity index (χ3n) is 5.99. The predicted octanol–water partition coefficient (Wildman–Crippen LogP) is 6.15. The lowest BCUT2D eigenvalue weighted by molar-refractivity contribution is 0.0600. The molecule has 0 atom stereocenters. The maximum absolute atomic E-state index is 11.9. The van der Waals surface area contributed by atoms with Gasteiger partial charge in [-0.2, -0.15) is 0 Å². The van der Waals surface area contributed by atoms with Crippen molar-refractivity contribution in [1.29, 1.82) is 0 Å². The van der Waals surface area contributed by atoms with Crippen molar-refractivity contribution in [1.82, 2.24) is 0 Å². The number of anilines is 2. The monoisotopic (exact) mass is 530 g/mol. The molecule has 0 bridgehead atoms. The molecule has 8 heteroatoms. The first-order valence-electron chi connectivity index (χ1n) is 12.0. The van der Waals surface area contributed by atoms with Gasteiger partial charge in [0.15, 0.2) is 0 Å². The van der Waals surface area contributed by atoms with Crippen LogP contribution in [0.3, 0.4) is 0 Å². The van der Waals surface area contributed by atoms with E-state index in [0.717, 1.165) is 28.6 Å². The maximum atomic E-state index is 11.9. The zero-order valence-electron chi connectivity index (χ0n) is 21.5. The second kappa shape index (κ2) is 11.8. The van der Waals surface area contributed by atoms with Crippen molar-refractivity contribution in [2.45, 2.75) is 20.0 Å². The topological polar surface area (TPSA) is 84.9 Å². The zero-order valence-corrected chi connectivity index (χ0v) is 22.4. The van der Waals surface area contributed by atoms with Crippen molar-refractivity contribution in [3.05, 3.63) is 119 Å². The molecule has 4 rings (SSSR count). The largest absolute Gasteiger partial charge is 0.465 e. The molecule has 38 heavy (non-hydrogen) atoms. The lowest BCUT2D eigenvalue weighted by Crippen LogP contribution is -2.24. The smallest absolute Gasteiger partial charge is 0.337 e. The number of methoxy groups -OCH3 is 1. The van der Waals surface area contributed by atoms with E-state index in [1.807, 2.05) is 61.5 Å². The van der Waals surface area contributed by atoms with Crippen LogP contribution < -0.4 is 14.4 Å². The standard InChI is InChI=1S/C30H30N2O5S/c1-22-27(31-38(3,34)35)13-9-14-28(22)32(20-23-10-5-4-6-11-23)21-25-12-7-8-15-29(25)37-26-18-16-24(17-19-26)30(33)36-2/h4-19,31H,20-21H2,1-3H3. The number of nitrogens with one attached hydrogen (secondary N) is 1. The van der Waals surface area contributed by atoms with E-state index in [0.29, 0.717) is 35.8 Å². The molecule has 0 aliphatic heterocycles. The first kappa shape index (κ1) is 26.8. The molecular formula is C30H30N2O5S. The Hall–Kier alpha value is -4.30. The summed E-state index contributed by atoms with van der Waals surface area (Å²) in [5, 5.41) is 0. The number of sulfonamides is 1. The number of benzene rings is 4. The van der Waals surface area contributed by atoms with Gasteiger partial charge in [-0.1, -0.05) is 54.6 Å². The van der Waals surface area contributed by atoms with Crippen LogP contribution in [0.25, 0.3) is 0 Å². The average Bonchev–Trinajstić information content (AvgIpc) is 2.90. The molecule has 196 valence electrons. The molecule has 0 spiro atoms. The summed E-state index contributed by atoms with van der Waals surface area (Å²) in [6.07, 6.45) is 1.14. The van der Waals surface area contributed by atoms with E-state index in [1.165, 1.54) is 7.11 Å². The zero-order chi connectivity index (χ0) is 27.1. The fourth-order valence-electron chi connectivity index (χ4n) is 4.15. The predicted molar refractivity (Wildman–Crippen MR) is 150 cm³/mol. The van der Waals surface area contributed by atoms with Gasteiger partial charge in [0.25, 0.3) is 0 Å². The number of para-hydroxylation sites is 1. The van der Waals surface area contributed by atoms with Gasteiger partial charge < -0.3 is 14.4 Å². The fourth-order valence-corrected chi connectivity index (χ4v) is 4.77. The first-order chi connectivity index (χ1) is 18.2. The van der Waals surface area contributed by atoms with E-state index in [1.54, 1.807) is 30.3 Å². The van der Waals surface area contributed by atoms with Crippen LogP contribution in [0.1, 0.15) is 27.0 Å². The van der Waals surface area contributed by atoms with Gasteiger partial charge in [-0.3, -0.25) is 4.72 Å². The second-order valence-corrected chi connectivity index (χ2v) is 10.6. The van der Waals surface area contributed by atoms with Gasteiger partial charge >= 0.3 is 5.97 Å². The molecular weight excluding hydrogens is 500 g/mol. The van der Waals surface area contributed by atoms with Crippen LogP contribution in [0.2, 0.25) is 0 Å². The summed E-state index contributed by atoms with van der Waals surface area (Å²) >= 11 is 0. The van der Waals surface area contributed by atoms with Crippen molar-refractivity contribution in [2.75, 3.05) is 23.0 Å². The molecule has 0 saturated carbocycles. The Labute approximate surface area is 223 Å². The van der Waals surface area contributed by atoms with Gasteiger partial charge in [-0.25, -0.2) is 13.2 Å². The maximum Gasteiger partial charge on any atom is 0.337 e. The average molecular weight is 531 g/mol. The third-order valence-corrected chi connectivity index (χ3v) is 6.59. The number of esters is 1. The molecule has 1 N–H and O–H groups in total. The molecule has 0 aromatic heterocycles. The Morgan fingerprint density at radius 3 is 2.21 bits per heavy atom. The number of carbonyl (C=O) groups excluding carboxylic acids is 1. The van der Waals surface area contributed by atoms with Crippen molar-refractivity contribution in [3.63, 3.8) is 0 Å². The number of carbonyl (C=O) groups is 1. The molecule has 7 nitrogen and oxygen atoms in total. The molecule has 4 aromatic carbocycles. The van der Waals surface area contributed by atoms with Gasteiger partial charge in [-0.05, 0) is 60.5 Å². The third kappa shape index (κ3) is 6.92. The molecule has 0 fully saturated rings. The molecule has 0 unspecified atom stereocenters. The minimum Gasteiger partial charge on any atom is -0.465 e. The van der Waals surface area contributed by atoms with Gasteiger partial charge in [0.05, 0.1) is 24.6 Å². The Balaban J connectivity index is 1.67. The minimum atomic E-state index is -3.43. The van der Waals surface area contributed by atoms with E-state index in [-0.39, 0.29) is 0 Å². The molecule has 0 saturated heterocycles. The summed E-state index contributed by atoms with van der Waals surface area (Å²) < 4.78 is 37.5. The van der Waals surface area contributed by atoms with Crippen molar-refractivity contribution < 1.29 is 22.7 Å². The lowest BCUT2D eigenvalue weighted by Gasteiger charge is -2.28. The summed E-state index contributed by atoms with van der Waals surface area (Å²) in [7, 11) is -2.08. The Morgan fingerprint density at radius 2 is 1.53 bits per heavy atom. The highest BCUT2D eigenvalue weighted by Crippen LogP contribution is 2.33. The van der Waals surface area contributed by atoms with Gasteiger partial charge in [0.1, 0.15) is 11.5 Å². The van der Waals surface area contributed by atoms with Gasteiger partial charge in [0.2, 0.25) is 10.0 Å². The van der Waals surface area contributed by atoms with E-state index >= 15 is 0 Å². The van der Waals surface area contributed by atoms with Crippen molar-refractivity contribution in [3.8, 4) is 11.5 Å². The van der Waals surface area contributed by atoms with Gasteiger partial charge in [0, 0.05) is 24.3 Å². The SMILES string of the molecule is COC(=O)c1ccc(Oc2ccccc2CN(Cc2ccccc2)c2cccc(NS(C)(=O)=O)c2C)cc1. The molecule has 0 radical (unpaired) electrons. The summed E-state index contributed by atoms with van der Waals surface area (Å²) in [6, 6.07) is 30.2. The Bertz CT molecular complexity index is 1500. The highest BCUT2D eigenvalue weighted by molar-refractivity contribution is 7.92. The van der Waals surface area contributed by atoms with Crippen LogP contribution in [0.5, 0.6) is 11.5 Å². The second-order valence-electron chi connectivity index (χ2n) is 8.89. The van der Waals surface area contributed by atoms with Crippen LogP contribution in [0, 0.1) is 6.92 Å². The summed E-state index contributed by atoms with van der Waals surface area (Å²) in [4.78, 5) is 14.0. The number of ether oxygens (including phenoxy) is 2. The van der Waals surface area contributed by atoms with Crippen LogP contribution in [0.4, 0.5) is 11.4 Å². The van der Waals surface area contributed by atoms with Crippen LogP contribution >= 0.6 is 0 Å². The molecule has 0 aliphatic rings. The summed E-state index contributed by atoms with van der Waals surface area (Å²) in [5.41, 5.74) is 4.77. The molecule has 0 heterocycles. The van der Waals surface area contributed by atoms with Crippen molar-refractivity contribution in [2.24, 2.45) is 0 Å². The van der Waals surface area contributed by atoms with Gasteiger partial charge in [-0.15, -0.1) is 0 Å². The van der Waals surface area contributed by atoms with Crippen LogP contribution in [-0.4, -0.2) is 27.8 Å². The normalized spacial score (nSPS) is 11.0. The summed E-state index contributed by atoms with van der Waals surface area (Å²) in [5.74, 6) is 0.867. The minimum absolute atomic E-state index is 0.406. The Kier molecular flexibility index (Phi) is 8.33. The van der Waals surface area contributed by atoms with Crippen molar-refractivity contribution >= 4 is 27.4 Å². The summed E-state index contributed by atoms with van der Waals surface area (Å²) in [6.45, 7) is 3.02. The number of hydrogen-bond acceptors (Lipinski definition) is 6.